The molecule has 3 heterocycles. The van der Waals surface area contributed by atoms with Gasteiger partial charge in [-0.1, -0.05) is 51.1 Å². The van der Waals surface area contributed by atoms with Gasteiger partial charge in [0.1, 0.15) is 5.56 Å². The Morgan fingerprint density at radius 2 is 1.72 bits per heavy atom. The van der Waals surface area contributed by atoms with E-state index < -0.39 is 0 Å². The van der Waals surface area contributed by atoms with Gasteiger partial charge in [0.25, 0.3) is 5.91 Å². The summed E-state index contributed by atoms with van der Waals surface area (Å²) in [6.45, 7) is 10.2. The molecule has 36 heavy (non-hydrogen) atoms. The number of carbonyl (C=O) groups excluding carboxylic acids is 1. The number of nitrogens with zero attached hydrogens (tertiary/aromatic N) is 3. The molecule has 5 rings (SSSR count). The van der Waals surface area contributed by atoms with Crippen LogP contribution in [0.5, 0.6) is 0 Å². The maximum absolute atomic E-state index is 14.2. The van der Waals surface area contributed by atoms with Crippen molar-refractivity contribution in [3.8, 4) is 0 Å². The minimum absolute atomic E-state index is 0.0852. The van der Waals surface area contributed by atoms with Crippen molar-refractivity contribution in [2.24, 2.45) is 10.8 Å². The first kappa shape index (κ1) is 24.5. The first-order valence-electron chi connectivity index (χ1n) is 13.1. The van der Waals surface area contributed by atoms with E-state index in [1.165, 1.54) is 5.56 Å². The third-order valence-electron chi connectivity index (χ3n) is 8.10. The van der Waals surface area contributed by atoms with Crippen LogP contribution in [0, 0.1) is 17.8 Å². The molecule has 2 atom stereocenters. The van der Waals surface area contributed by atoms with Gasteiger partial charge in [0.05, 0.1) is 0 Å². The minimum atomic E-state index is -0.155. The Kier molecular flexibility index (Phi) is 6.36. The highest BCUT2D eigenvalue weighted by atomic mass is 16.2. The fraction of sp³-hybridized carbons (Fsp3) is 0.452. The molecule has 1 saturated carbocycles. The number of pyridine rings is 2. The van der Waals surface area contributed by atoms with Crippen LogP contribution in [0.4, 0.5) is 0 Å². The monoisotopic (exact) mass is 483 g/mol. The molecule has 5 nitrogen and oxygen atoms in total. The van der Waals surface area contributed by atoms with Gasteiger partial charge in [-0.15, -0.1) is 0 Å². The molecular formula is C31H37N3O2. The number of hydrogen-bond acceptors (Lipinski definition) is 3. The molecule has 1 aromatic carbocycles. The van der Waals surface area contributed by atoms with Crippen LogP contribution < -0.4 is 5.43 Å². The third kappa shape index (κ3) is 4.88. The number of fused-ring (bicyclic) bond motifs is 2. The van der Waals surface area contributed by atoms with Crippen molar-refractivity contribution >= 4 is 5.91 Å². The summed E-state index contributed by atoms with van der Waals surface area (Å²) in [5.41, 5.74) is 4.55. The second-order valence-corrected chi connectivity index (χ2v) is 12.0. The number of rotatable bonds is 6. The van der Waals surface area contributed by atoms with Crippen molar-refractivity contribution in [1.82, 2.24) is 14.5 Å². The smallest absolute Gasteiger partial charge is 0.259 e. The van der Waals surface area contributed by atoms with Crippen LogP contribution in [0.15, 0.2) is 65.7 Å². The Morgan fingerprint density at radius 1 is 1.00 bits per heavy atom. The molecule has 0 unspecified atom stereocenters. The first-order chi connectivity index (χ1) is 17.1. The summed E-state index contributed by atoms with van der Waals surface area (Å²) in [4.78, 5) is 33.9. The van der Waals surface area contributed by atoms with Crippen molar-refractivity contribution in [2.75, 3.05) is 6.54 Å². The molecule has 0 radical (unpaired) electrons. The Bertz CT molecular complexity index is 1310. The van der Waals surface area contributed by atoms with E-state index >= 15 is 0 Å². The topological polar surface area (TPSA) is 55.2 Å². The molecule has 188 valence electrons. The number of benzene rings is 1. The third-order valence-corrected chi connectivity index (χ3v) is 8.10. The number of likely N-dealkylation sites (tertiary alicyclic amines) is 1. The van der Waals surface area contributed by atoms with E-state index in [-0.39, 0.29) is 28.2 Å². The van der Waals surface area contributed by atoms with Gasteiger partial charge in [-0.2, -0.15) is 0 Å². The fourth-order valence-electron chi connectivity index (χ4n) is 6.96. The summed E-state index contributed by atoms with van der Waals surface area (Å²) in [6, 6.07) is 16.1. The molecule has 1 aliphatic carbocycles. The van der Waals surface area contributed by atoms with Gasteiger partial charge in [0.15, 0.2) is 5.43 Å². The van der Waals surface area contributed by atoms with Crippen LogP contribution in [-0.4, -0.2) is 32.9 Å². The number of aromatic nitrogens is 2. The largest absolute Gasteiger partial charge is 0.343 e. The van der Waals surface area contributed by atoms with Crippen LogP contribution in [0.3, 0.4) is 0 Å². The van der Waals surface area contributed by atoms with E-state index in [4.69, 9.17) is 0 Å². The predicted molar refractivity (Wildman–Crippen MR) is 143 cm³/mol. The lowest BCUT2D eigenvalue weighted by Gasteiger charge is -2.39. The number of carbonyl (C=O) groups is 1. The molecule has 2 bridgehead atoms. The van der Waals surface area contributed by atoms with Gasteiger partial charge in [-0.05, 0) is 73.1 Å². The first-order valence-corrected chi connectivity index (χ1v) is 13.1. The molecule has 1 saturated heterocycles. The lowest BCUT2D eigenvalue weighted by atomic mass is 9.65. The van der Waals surface area contributed by atoms with Crippen molar-refractivity contribution in [3.05, 3.63) is 99.2 Å². The van der Waals surface area contributed by atoms with Gasteiger partial charge < -0.3 is 9.47 Å². The molecule has 0 spiro atoms. The van der Waals surface area contributed by atoms with Gasteiger partial charge in [-0.25, -0.2) is 0 Å². The summed E-state index contributed by atoms with van der Waals surface area (Å²) in [5.74, 6) is -0.0852. The molecule has 1 aliphatic heterocycles. The summed E-state index contributed by atoms with van der Waals surface area (Å²) >= 11 is 0. The molecule has 0 N–H and O–H groups in total. The van der Waals surface area contributed by atoms with Crippen LogP contribution in [0.2, 0.25) is 0 Å². The Morgan fingerprint density at radius 3 is 2.44 bits per heavy atom. The Labute approximate surface area is 214 Å². The maximum Gasteiger partial charge on any atom is 0.259 e. The summed E-state index contributed by atoms with van der Waals surface area (Å²) in [7, 11) is 0. The summed E-state index contributed by atoms with van der Waals surface area (Å²) in [5, 5.41) is 0. The van der Waals surface area contributed by atoms with E-state index in [1.54, 1.807) is 18.5 Å². The average molecular weight is 484 g/mol. The highest BCUT2D eigenvalue weighted by Crippen LogP contribution is 2.52. The summed E-state index contributed by atoms with van der Waals surface area (Å²) < 4.78 is 2.17. The Balaban J connectivity index is 1.57. The van der Waals surface area contributed by atoms with E-state index in [9.17, 15) is 9.59 Å². The number of amides is 1. The van der Waals surface area contributed by atoms with Crippen LogP contribution in [0.25, 0.3) is 0 Å². The fourth-order valence-corrected chi connectivity index (χ4v) is 6.96. The molecule has 3 aromatic rings. The van der Waals surface area contributed by atoms with Crippen molar-refractivity contribution in [1.29, 1.82) is 0 Å². The predicted octanol–water partition coefficient (Wildman–Crippen LogP) is 5.43. The highest BCUT2D eigenvalue weighted by Gasteiger charge is 2.51. The van der Waals surface area contributed by atoms with Crippen molar-refractivity contribution in [2.45, 2.75) is 72.4 Å². The molecular weight excluding hydrogens is 446 g/mol. The van der Waals surface area contributed by atoms with E-state index in [0.717, 1.165) is 49.2 Å². The molecule has 2 aliphatic rings. The highest BCUT2D eigenvalue weighted by molar-refractivity contribution is 5.96. The van der Waals surface area contributed by atoms with Crippen molar-refractivity contribution in [3.63, 3.8) is 0 Å². The van der Waals surface area contributed by atoms with Gasteiger partial charge in [-0.3, -0.25) is 14.6 Å². The van der Waals surface area contributed by atoms with E-state index in [0.29, 0.717) is 18.5 Å². The normalized spacial score (nSPS) is 22.6. The maximum atomic E-state index is 14.2. The minimum Gasteiger partial charge on any atom is -0.343 e. The van der Waals surface area contributed by atoms with Crippen LogP contribution >= 0.6 is 0 Å². The van der Waals surface area contributed by atoms with Gasteiger partial charge >= 0.3 is 0 Å². The quantitative estimate of drug-likeness (QED) is 0.470. The average Bonchev–Trinajstić information content (AvgIpc) is 3.09. The van der Waals surface area contributed by atoms with Gasteiger partial charge in [0.2, 0.25) is 0 Å². The standard InChI is InChI=1S/C31H37N3O2/c1-22-16-27(35)28(29(36)34-21-31(4)18-25(34)17-30(2,3)20-31)26(11-10-23-8-6-5-7-9-23)33(22)19-24-12-14-32-15-13-24/h5-9,12-16,25H,10-11,17-21H2,1-4H3/t25-,31-/m0/s1. The zero-order valence-electron chi connectivity index (χ0n) is 22.0. The molecule has 2 fully saturated rings. The zero-order chi connectivity index (χ0) is 25.5. The zero-order valence-corrected chi connectivity index (χ0v) is 22.0. The summed E-state index contributed by atoms with van der Waals surface area (Å²) in [6.07, 6.45) is 8.11. The SMILES string of the molecule is Cc1cc(=O)c(C(=O)N2C[C@@]3(C)C[C@@H]2CC(C)(C)C3)c(CCc2ccccc2)n1Cc1ccncc1. The van der Waals surface area contributed by atoms with Crippen LogP contribution in [0.1, 0.15) is 72.9 Å². The lowest BCUT2D eigenvalue weighted by Crippen LogP contribution is -2.41. The second kappa shape index (κ2) is 9.34. The van der Waals surface area contributed by atoms with Crippen molar-refractivity contribution < 1.29 is 4.79 Å². The lowest BCUT2D eigenvalue weighted by molar-refractivity contribution is 0.0704. The Hall–Kier alpha value is -3.21. The molecule has 1 amide bonds. The van der Waals surface area contributed by atoms with Gasteiger partial charge in [0, 0.05) is 49.0 Å². The van der Waals surface area contributed by atoms with E-state index in [2.05, 4.69) is 42.5 Å². The second-order valence-electron chi connectivity index (χ2n) is 12.0. The number of hydrogen-bond donors (Lipinski definition) is 0. The molecule has 5 heteroatoms. The van der Waals surface area contributed by atoms with Crippen LogP contribution in [-0.2, 0) is 19.4 Å². The van der Waals surface area contributed by atoms with E-state index in [1.807, 2.05) is 42.2 Å². The number of aryl methyl sites for hydroxylation is 2. The molecule has 2 aromatic heterocycles.